The second-order valence-corrected chi connectivity index (χ2v) is 20.8. The topological polar surface area (TPSA) is 78.9 Å². The van der Waals surface area contributed by atoms with Crippen molar-refractivity contribution in [2.45, 2.75) is 322 Å². The largest absolute Gasteiger partial charge is 0.462 e. The predicted octanol–water partition coefficient (Wildman–Crippen LogP) is 20.8. The summed E-state index contributed by atoms with van der Waals surface area (Å²) in [4.78, 5) is 38.3. The number of rotatable bonds is 56. The Morgan fingerprint density at radius 2 is 0.535 bits per heavy atom. The first-order valence-corrected chi connectivity index (χ1v) is 30.9. The van der Waals surface area contributed by atoms with Crippen LogP contribution in [-0.4, -0.2) is 37.2 Å². The maximum Gasteiger partial charge on any atom is 0.306 e. The van der Waals surface area contributed by atoms with Crippen molar-refractivity contribution in [3.05, 3.63) is 60.8 Å². The third-order valence-corrected chi connectivity index (χ3v) is 13.6. The molecule has 6 nitrogen and oxygen atoms in total. The van der Waals surface area contributed by atoms with Crippen molar-refractivity contribution < 1.29 is 28.6 Å². The molecule has 0 amide bonds. The van der Waals surface area contributed by atoms with Crippen LogP contribution in [0, 0.1) is 0 Å². The molecule has 0 aromatic carbocycles. The van der Waals surface area contributed by atoms with Crippen LogP contribution in [0.1, 0.15) is 316 Å². The van der Waals surface area contributed by atoms with Crippen LogP contribution < -0.4 is 0 Å². The molecule has 0 rings (SSSR count). The smallest absolute Gasteiger partial charge is 0.306 e. The van der Waals surface area contributed by atoms with Crippen LogP contribution in [0.4, 0.5) is 0 Å². The summed E-state index contributed by atoms with van der Waals surface area (Å²) in [7, 11) is 0. The van der Waals surface area contributed by atoms with Gasteiger partial charge in [-0.25, -0.2) is 0 Å². The Morgan fingerprint density at radius 3 is 0.845 bits per heavy atom. The van der Waals surface area contributed by atoms with Crippen LogP contribution in [0.25, 0.3) is 0 Å². The maximum atomic E-state index is 12.9. The zero-order valence-electron chi connectivity index (χ0n) is 47.2. The van der Waals surface area contributed by atoms with Crippen LogP contribution in [0.2, 0.25) is 0 Å². The molecule has 0 N–H and O–H groups in total. The van der Waals surface area contributed by atoms with Gasteiger partial charge in [0.25, 0.3) is 0 Å². The minimum absolute atomic E-state index is 0.0806. The lowest BCUT2D eigenvalue weighted by molar-refractivity contribution is -0.167. The Balaban J connectivity index is 4.39. The summed E-state index contributed by atoms with van der Waals surface area (Å²) >= 11 is 0. The number of carbonyl (C=O) groups is 3. The molecule has 0 radical (unpaired) electrons. The highest BCUT2D eigenvalue weighted by Crippen LogP contribution is 2.17. The zero-order chi connectivity index (χ0) is 51.4. The minimum Gasteiger partial charge on any atom is -0.462 e. The molecule has 71 heavy (non-hydrogen) atoms. The van der Waals surface area contributed by atoms with Gasteiger partial charge in [-0.1, -0.05) is 319 Å². The van der Waals surface area contributed by atoms with Crippen LogP contribution in [-0.2, 0) is 28.6 Å². The van der Waals surface area contributed by atoms with E-state index >= 15 is 0 Å². The van der Waals surface area contributed by atoms with Crippen molar-refractivity contribution in [3.63, 3.8) is 0 Å². The fraction of sp³-hybridized carbons (Fsp3) is 0.800. The molecule has 0 aliphatic carbocycles. The monoisotopic (exact) mass is 993 g/mol. The summed E-state index contributed by atoms with van der Waals surface area (Å²) in [5, 5.41) is 0. The molecule has 0 aliphatic heterocycles. The predicted molar refractivity (Wildman–Crippen MR) is 307 cm³/mol. The van der Waals surface area contributed by atoms with Gasteiger partial charge in [0.2, 0.25) is 0 Å². The van der Waals surface area contributed by atoms with Crippen molar-refractivity contribution in [2.24, 2.45) is 0 Å². The number of unbranched alkanes of at least 4 members (excludes halogenated alkanes) is 39. The molecule has 6 heteroatoms. The highest BCUT2D eigenvalue weighted by Gasteiger charge is 2.19. The molecular formula is C65H116O6. The van der Waals surface area contributed by atoms with Crippen molar-refractivity contribution in [1.82, 2.24) is 0 Å². The number of hydrogen-bond donors (Lipinski definition) is 0. The number of allylic oxidation sites excluding steroid dienone is 10. The van der Waals surface area contributed by atoms with E-state index in [2.05, 4.69) is 57.2 Å². The molecule has 412 valence electrons. The normalized spacial score (nSPS) is 12.4. The molecule has 0 heterocycles. The van der Waals surface area contributed by atoms with E-state index in [9.17, 15) is 14.4 Å². The van der Waals surface area contributed by atoms with Gasteiger partial charge in [-0.15, -0.1) is 0 Å². The summed E-state index contributed by atoms with van der Waals surface area (Å²) < 4.78 is 16.9. The minimum atomic E-state index is -0.785. The fourth-order valence-electron chi connectivity index (χ4n) is 9.01. The van der Waals surface area contributed by atoms with E-state index in [1.165, 1.54) is 193 Å². The lowest BCUT2D eigenvalue weighted by Gasteiger charge is -2.18. The second kappa shape index (κ2) is 59.7. The Kier molecular flexibility index (Phi) is 57.2. The first-order chi connectivity index (χ1) is 35.0. The molecule has 0 aromatic rings. The Hall–Kier alpha value is -2.89. The quantitative estimate of drug-likeness (QED) is 0.0261. The van der Waals surface area contributed by atoms with Gasteiger partial charge in [0.05, 0.1) is 0 Å². The molecule has 0 fully saturated rings. The van der Waals surface area contributed by atoms with Crippen LogP contribution >= 0.6 is 0 Å². The third-order valence-electron chi connectivity index (χ3n) is 13.6. The van der Waals surface area contributed by atoms with E-state index in [0.29, 0.717) is 19.3 Å². The summed E-state index contributed by atoms with van der Waals surface area (Å²) in [6.45, 7) is 6.58. The fourth-order valence-corrected chi connectivity index (χ4v) is 9.01. The summed E-state index contributed by atoms with van der Waals surface area (Å²) in [5.41, 5.74) is 0. The first-order valence-electron chi connectivity index (χ1n) is 30.9. The summed E-state index contributed by atoms with van der Waals surface area (Å²) in [5.74, 6) is -0.886. The van der Waals surface area contributed by atoms with Crippen LogP contribution in [0.15, 0.2) is 60.8 Å². The van der Waals surface area contributed by atoms with Crippen molar-refractivity contribution in [2.75, 3.05) is 13.2 Å². The molecule has 1 unspecified atom stereocenters. The maximum absolute atomic E-state index is 12.9. The van der Waals surface area contributed by atoms with E-state index in [0.717, 1.165) is 83.5 Å². The Morgan fingerprint density at radius 1 is 0.282 bits per heavy atom. The summed E-state index contributed by atoms with van der Waals surface area (Å²) in [6.07, 6.45) is 75.0. The molecular weight excluding hydrogens is 877 g/mol. The number of ether oxygens (including phenoxy) is 3. The average Bonchev–Trinajstić information content (AvgIpc) is 3.37. The molecule has 0 spiro atoms. The van der Waals surface area contributed by atoms with Gasteiger partial charge in [0, 0.05) is 19.3 Å². The van der Waals surface area contributed by atoms with E-state index in [-0.39, 0.29) is 31.1 Å². The molecule has 0 bridgehead atoms. The van der Waals surface area contributed by atoms with Gasteiger partial charge in [-0.3, -0.25) is 14.4 Å². The number of esters is 3. The van der Waals surface area contributed by atoms with Crippen molar-refractivity contribution >= 4 is 17.9 Å². The van der Waals surface area contributed by atoms with E-state index < -0.39 is 6.10 Å². The lowest BCUT2D eigenvalue weighted by atomic mass is 10.0. The number of hydrogen-bond acceptors (Lipinski definition) is 6. The van der Waals surface area contributed by atoms with Gasteiger partial charge < -0.3 is 14.2 Å². The third kappa shape index (κ3) is 57.9. The van der Waals surface area contributed by atoms with Crippen LogP contribution in [0.5, 0.6) is 0 Å². The highest BCUT2D eigenvalue weighted by atomic mass is 16.6. The Labute approximate surface area is 440 Å². The lowest BCUT2D eigenvalue weighted by Crippen LogP contribution is -2.30. The molecule has 0 saturated heterocycles. The highest BCUT2D eigenvalue weighted by molar-refractivity contribution is 5.71. The molecule has 0 saturated carbocycles. The van der Waals surface area contributed by atoms with E-state index in [4.69, 9.17) is 14.2 Å². The number of carbonyl (C=O) groups excluding carboxylic acids is 3. The van der Waals surface area contributed by atoms with Gasteiger partial charge in [-0.05, 0) is 38.5 Å². The van der Waals surface area contributed by atoms with Gasteiger partial charge in [-0.2, -0.15) is 0 Å². The SMILES string of the molecule is CCC\C=C/C=C\C=C/C=C\C=C/CCCCCCCC(=O)OC(COC(=O)CCCCCCCCCCCCCCCCCC)COC(=O)CCCCCCCCCCCCCCCCCCCCC. The van der Waals surface area contributed by atoms with Gasteiger partial charge in [0.1, 0.15) is 13.2 Å². The standard InChI is InChI=1S/C65H116O6/c1-4-7-10-13-16-19-22-25-28-31-33-35-37-40-43-46-49-52-55-58-64(67)70-61-62(60-69-63(66)57-54-51-48-45-42-39-36-30-27-24-21-18-15-12-9-6-3)71-65(68)59-56-53-50-47-44-41-38-34-32-29-26-23-20-17-14-11-8-5-2/h11,14,17,20,23,26,29,32,34,38,62H,4-10,12-13,15-16,18-19,21-22,24-25,27-28,30-31,33,35-37,39-61H2,1-3H3/b14-11-,20-17-,26-23-,32-29-,38-34-. The first kappa shape index (κ1) is 68.1. The van der Waals surface area contributed by atoms with Crippen molar-refractivity contribution in [3.8, 4) is 0 Å². The van der Waals surface area contributed by atoms with E-state index in [1.807, 2.05) is 24.3 Å². The summed E-state index contributed by atoms with van der Waals surface area (Å²) in [6, 6.07) is 0. The molecule has 0 aliphatic rings. The molecule has 1 atom stereocenters. The van der Waals surface area contributed by atoms with E-state index in [1.54, 1.807) is 0 Å². The zero-order valence-corrected chi connectivity index (χ0v) is 47.2. The Bertz CT molecular complexity index is 1280. The van der Waals surface area contributed by atoms with Gasteiger partial charge in [0.15, 0.2) is 6.10 Å². The van der Waals surface area contributed by atoms with Crippen molar-refractivity contribution in [1.29, 1.82) is 0 Å². The average molecular weight is 994 g/mol. The van der Waals surface area contributed by atoms with Crippen LogP contribution in [0.3, 0.4) is 0 Å². The molecule has 0 aromatic heterocycles. The second-order valence-electron chi connectivity index (χ2n) is 20.8. The van der Waals surface area contributed by atoms with Gasteiger partial charge >= 0.3 is 17.9 Å².